The smallest absolute Gasteiger partial charge is 0.123 e. The van der Waals surface area contributed by atoms with Crippen molar-refractivity contribution >= 4 is 41.3 Å². The monoisotopic (exact) mass is 451 g/mol. The molecule has 0 aromatic heterocycles. The Kier molecular flexibility index (Phi) is 8.64. The zero-order valence-corrected chi connectivity index (χ0v) is 19.3. The highest BCUT2D eigenvalue weighted by Gasteiger charge is 2.22. The number of allylic oxidation sites excluding steroid dienone is 1. The van der Waals surface area contributed by atoms with Gasteiger partial charge in [-0.1, -0.05) is 19.1 Å². The number of nitrogens with one attached hydrogen (secondary N) is 4. The third-order valence-corrected chi connectivity index (χ3v) is 6.42. The fourth-order valence-corrected chi connectivity index (χ4v) is 4.34. The molecule has 1 aliphatic rings. The van der Waals surface area contributed by atoms with Crippen molar-refractivity contribution in [1.82, 2.24) is 9.62 Å². The molecule has 2 aromatic rings. The maximum absolute atomic E-state index is 13.2. The van der Waals surface area contributed by atoms with Gasteiger partial charge >= 0.3 is 0 Å². The summed E-state index contributed by atoms with van der Waals surface area (Å²) in [6, 6.07) is 12.6. The summed E-state index contributed by atoms with van der Waals surface area (Å²) in [7, 11) is 0. The molecule has 0 saturated heterocycles. The maximum atomic E-state index is 13.2. The molecule has 0 bridgehead atoms. The van der Waals surface area contributed by atoms with E-state index in [4.69, 9.17) is 10.8 Å². The molecule has 1 heterocycles. The summed E-state index contributed by atoms with van der Waals surface area (Å²) in [4.78, 5) is 0.893. The second-order valence-corrected chi connectivity index (χ2v) is 8.82. The van der Waals surface area contributed by atoms with E-state index >= 15 is 0 Å². The molecule has 3 rings (SSSR count). The van der Waals surface area contributed by atoms with Crippen molar-refractivity contribution in [3.05, 3.63) is 76.6 Å². The molecule has 1 aliphatic heterocycles. The topological polar surface area (TPSA) is 75.0 Å². The van der Waals surface area contributed by atoms with Crippen molar-refractivity contribution in [3.63, 3.8) is 0 Å². The first kappa shape index (κ1) is 23.8. The SMILES string of the molecule is CCCN/C=C(\C=N)SN1CC=C(c2ccc(Nc3ccc(F)cc3)c(C=N)c2)CC1C. The molecule has 168 valence electrons. The van der Waals surface area contributed by atoms with Gasteiger partial charge in [0.2, 0.25) is 0 Å². The predicted octanol–water partition coefficient (Wildman–Crippen LogP) is 6.18. The first-order valence-corrected chi connectivity index (χ1v) is 11.6. The fraction of sp³-hybridized carbons (Fsp3) is 0.280. The van der Waals surface area contributed by atoms with E-state index in [1.807, 2.05) is 18.3 Å². The summed E-state index contributed by atoms with van der Waals surface area (Å²) in [6.07, 6.45) is 8.81. The predicted molar refractivity (Wildman–Crippen MR) is 136 cm³/mol. The Morgan fingerprint density at radius 1 is 1.22 bits per heavy atom. The molecular weight excluding hydrogens is 421 g/mol. The zero-order chi connectivity index (χ0) is 22.9. The third-order valence-electron chi connectivity index (χ3n) is 5.23. The van der Waals surface area contributed by atoms with Crippen molar-refractivity contribution in [2.24, 2.45) is 0 Å². The van der Waals surface area contributed by atoms with Crippen molar-refractivity contribution in [3.8, 4) is 0 Å². The molecule has 0 saturated carbocycles. The molecule has 1 unspecified atom stereocenters. The molecular formula is C25H30FN5S. The lowest BCUT2D eigenvalue weighted by Crippen LogP contribution is -2.31. The van der Waals surface area contributed by atoms with E-state index < -0.39 is 0 Å². The third kappa shape index (κ3) is 6.31. The molecule has 4 N–H and O–H groups in total. The van der Waals surface area contributed by atoms with Crippen LogP contribution in [0.15, 0.2) is 59.6 Å². The molecule has 1 atom stereocenters. The van der Waals surface area contributed by atoms with E-state index in [1.165, 1.54) is 30.1 Å². The van der Waals surface area contributed by atoms with Crippen LogP contribution in [0.4, 0.5) is 15.8 Å². The number of halogens is 1. The van der Waals surface area contributed by atoms with E-state index in [0.29, 0.717) is 6.04 Å². The largest absolute Gasteiger partial charge is 0.390 e. The van der Waals surface area contributed by atoms with Crippen LogP contribution in [-0.4, -0.2) is 35.9 Å². The Bertz CT molecular complexity index is 1000. The van der Waals surface area contributed by atoms with Gasteiger partial charge in [-0.3, -0.25) is 0 Å². The van der Waals surface area contributed by atoms with Crippen molar-refractivity contribution in [2.75, 3.05) is 18.4 Å². The Hall–Kier alpha value is -2.90. The van der Waals surface area contributed by atoms with Crippen LogP contribution in [0.25, 0.3) is 5.57 Å². The minimum atomic E-state index is -0.274. The summed E-state index contributed by atoms with van der Waals surface area (Å²) in [5.74, 6) is -0.274. The van der Waals surface area contributed by atoms with Gasteiger partial charge in [-0.05, 0) is 79.2 Å². The van der Waals surface area contributed by atoms with Crippen molar-refractivity contribution in [2.45, 2.75) is 32.7 Å². The van der Waals surface area contributed by atoms with Gasteiger partial charge in [0.05, 0.1) is 4.91 Å². The fourth-order valence-electron chi connectivity index (χ4n) is 3.48. The van der Waals surface area contributed by atoms with Crippen LogP contribution in [0.5, 0.6) is 0 Å². The summed E-state index contributed by atoms with van der Waals surface area (Å²) in [5.41, 5.74) is 4.75. The van der Waals surface area contributed by atoms with E-state index in [2.05, 4.69) is 40.9 Å². The highest BCUT2D eigenvalue weighted by Crippen LogP contribution is 2.33. The van der Waals surface area contributed by atoms with Crippen LogP contribution in [0.2, 0.25) is 0 Å². The minimum Gasteiger partial charge on any atom is -0.390 e. The first-order valence-electron chi connectivity index (χ1n) is 10.8. The lowest BCUT2D eigenvalue weighted by Gasteiger charge is -2.32. The van der Waals surface area contributed by atoms with Crippen molar-refractivity contribution in [1.29, 1.82) is 10.8 Å². The van der Waals surface area contributed by atoms with Gasteiger partial charge in [0.25, 0.3) is 0 Å². The first-order chi connectivity index (χ1) is 15.5. The van der Waals surface area contributed by atoms with Gasteiger partial charge in [-0.15, -0.1) is 0 Å². The van der Waals surface area contributed by atoms with E-state index in [0.717, 1.165) is 53.3 Å². The molecule has 0 radical (unpaired) electrons. The van der Waals surface area contributed by atoms with E-state index in [-0.39, 0.29) is 5.82 Å². The molecule has 2 aromatic carbocycles. The average Bonchev–Trinajstić information content (AvgIpc) is 2.81. The van der Waals surface area contributed by atoms with Crippen LogP contribution in [0.1, 0.15) is 37.8 Å². The number of hydrogen-bond donors (Lipinski definition) is 4. The average molecular weight is 452 g/mol. The standard InChI is InChI=1S/C25H30FN5S/c1-3-11-29-17-24(16-28)32-31-12-10-20(13-18(31)2)19-4-9-25(21(14-19)15-27)30-23-7-5-22(26)6-8-23/h4-10,14-18,27-30H,3,11-13H2,1-2H3/b24-17+,27-15?,28-16?. The second-order valence-electron chi connectivity index (χ2n) is 7.70. The van der Waals surface area contributed by atoms with Crippen LogP contribution >= 0.6 is 11.9 Å². The van der Waals surface area contributed by atoms with Gasteiger partial charge in [0.15, 0.2) is 0 Å². The molecule has 5 nitrogen and oxygen atoms in total. The zero-order valence-electron chi connectivity index (χ0n) is 18.5. The van der Waals surface area contributed by atoms with Gasteiger partial charge in [-0.2, -0.15) is 0 Å². The molecule has 0 fully saturated rings. The summed E-state index contributed by atoms with van der Waals surface area (Å²) >= 11 is 1.61. The van der Waals surface area contributed by atoms with Crippen LogP contribution < -0.4 is 10.6 Å². The normalized spacial score (nSPS) is 16.9. The lowest BCUT2D eigenvalue weighted by atomic mass is 9.94. The molecule has 0 aliphatic carbocycles. The summed E-state index contributed by atoms with van der Waals surface area (Å²) in [5, 5.41) is 22.0. The summed E-state index contributed by atoms with van der Waals surface area (Å²) < 4.78 is 15.4. The van der Waals surface area contributed by atoms with Crippen molar-refractivity contribution < 1.29 is 4.39 Å². The number of hydrogen-bond acceptors (Lipinski definition) is 6. The molecule has 32 heavy (non-hydrogen) atoms. The van der Waals surface area contributed by atoms with E-state index in [9.17, 15) is 4.39 Å². The Morgan fingerprint density at radius 2 is 2.00 bits per heavy atom. The molecule has 7 heteroatoms. The van der Waals surface area contributed by atoms with Crippen LogP contribution in [0, 0.1) is 16.6 Å². The summed E-state index contributed by atoms with van der Waals surface area (Å²) in [6.45, 7) is 6.00. The Morgan fingerprint density at radius 3 is 2.66 bits per heavy atom. The van der Waals surface area contributed by atoms with Gasteiger partial charge in [0.1, 0.15) is 5.82 Å². The van der Waals surface area contributed by atoms with Crippen LogP contribution in [0.3, 0.4) is 0 Å². The Balaban J connectivity index is 1.71. The lowest BCUT2D eigenvalue weighted by molar-refractivity contribution is 0.400. The highest BCUT2D eigenvalue weighted by molar-refractivity contribution is 8.01. The van der Waals surface area contributed by atoms with Crippen LogP contribution in [-0.2, 0) is 0 Å². The van der Waals surface area contributed by atoms with E-state index in [1.54, 1.807) is 24.1 Å². The quantitative estimate of drug-likeness (QED) is 0.198. The molecule has 0 spiro atoms. The number of benzene rings is 2. The second kappa shape index (κ2) is 11.6. The molecule has 0 amide bonds. The highest BCUT2D eigenvalue weighted by atomic mass is 32.2. The number of nitrogens with zero attached hydrogens (tertiary/aromatic N) is 1. The van der Waals surface area contributed by atoms with Gasteiger partial charge in [0, 0.05) is 54.7 Å². The number of rotatable bonds is 10. The number of anilines is 2. The Labute approximate surface area is 194 Å². The minimum absolute atomic E-state index is 0.274. The van der Waals surface area contributed by atoms with Gasteiger partial charge < -0.3 is 21.5 Å². The maximum Gasteiger partial charge on any atom is 0.123 e. The van der Waals surface area contributed by atoms with Gasteiger partial charge in [-0.25, -0.2) is 8.70 Å².